The molecule has 0 bridgehead atoms. The van der Waals surface area contributed by atoms with E-state index < -0.39 is 11.5 Å². The fourth-order valence-corrected chi connectivity index (χ4v) is 0.382. The van der Waals surface area contributed by atoms with Gasteiger partial charge in [0.05, 0.1) is 0 Å². The monoisotopic (exact) mass is 129 g/mol. The van der Waals surface area contributed by atoms with Crippen LogP contribution in [-0.2, 0) is 4.79 Å². The lowest BCUT2D eigenvalue weighted by Gasteiger charge is -2.15. The summed E-state index contributed by atoms with van der Waals surface area (Å²) in [6.45, 7) is 4.72. The average molecular weight is 129 g/mol. The van der Waals surface area contributed by atoms with Crippen LogP contribution in [0.1, 0.15) is 13.3 Å². The first-order valence-corrected chi connectivity index (χ1v) is 2.64. The second-order valence-corrected chi connectivity index (χ2v) is 2.13. The third-order valence-corrected chi connectivity index (χ3v) is 1.07. The predicted molar refractivity (Wildman–Crippen MR) is 34.6 cm³/mol. The van der Waals surface area contributed by atoms with E-state index in [4.69, 9.17) is 10.8 Å². The molecule has 1 atom stereocenters. The first-order valence-electron chi connectivity index (χ1n) is 2.64. The Bertz CT molecular complexity index is 129. The maximum atomic E-state index is 10.3. The molecule has 0 rings (SSSR count). The van der Waals surface area contributed by atoms with Gasteiger partial charge in [-0.3, -0.25) is 4.79 Å². The highest BCUT2D eigenvalue weighted by atomic mass is 16.3. The second kappa shape index (κ2) is 2.64. The molecular formula is C6H11NO2. The zero-order chi connectivity index (χ0) is 7.49. The molecule has 0 saturated heterocycles. The zero-order valence-corrected chi connectivity index (χ0v) is 5.42. The summed E-state index contributed by atoms with van der Waals surface area (Å²) in [6.07, 6.45) is 1.65. The van der Waals surface area contributed by atoms with Crippen LogP contribution in [0.2, 0.25) is 0 Å². The van der Waals surface area contributed by atoms with Gasteiger partial charge in [0.25, 0.3) is 0 Å². The first kappa shape index (κ1) is 8.17. The van der Waals surface area contributed by atoms with E-state index in [1.165, 1.54) is 13.0 Å². The molecule has 0 heterocycles. The Morgan fingerprint density at radius 3 is 2.56 bits per heavy atom. The Balaban J connectivity index is 4.00. The Morgan fingerprint density at radius 2 is 2.44 bits per heavy atom. The van der Waals surface area contributed by atoms with E-state index in [1.807, 2.05) is 0 Å². The van der Waals surface area contributed by atoms with E-state index in [-0.39, 0.29) is 6.42 Å². The first-order chi connectivity index (χ1) is 4.00. The standard InChI is InChI=1S/C6H11NO2/c1-3-4-6(2,9)5(7)8/h3,9H,1,4H2,2H3,(H2,7,8). The van der Waals surface area contributed by atoms with Crippen LogP contribution >= 0.6 is 0 Å². The van der Waals surface area contributed by atoms with Gasteiger partial charge >= 0.3 is 0 Å². The SMILES string of the molecule is C=CCC(C)(O)C(N)=O. The number of hydrogen-bond acceptors (Lipinski definition) is 2. The number of rotatable bonds is 3. The second-order valence-electron chi connectivity index (χ2n) is 2.13. The summed E-state index contributed by atoms with van der Waals surface area (Å²) < 4.78 is 0. The topological polar surface area (TPSA) is 63.3 Å². The molecule has 3 N–H and O–H groups in total. The molecule has 0 aromatic rings. The van der Waals surface area contributed by atoms with Gasteiger partial charge in [-0.2, -0.15) is 0 Å². The number of carbonyl (C=O) groups is 1. The number of amides is 1. The fourth-order valence-electron chi connectivity index (χ4n) is 0.382. The van der Waals surface area contributed by atoms with E-state index >= 15 is 0 Å². The molecule has 0 spiro atoms. The van der Waals surface area contributed by atoms with Crippen LogP contribution in [0.5, 0.6) is 0 Å². The van der Waals surface area contributed by atoms with Crippen LogP contribution in [0.4, 0.5) is 0 Å². The van der Waals surface area contributed by atoms with Crippen molar-refractivity contribution in [1.29, 1.82) is 0 Å². The van der Waals surface area contributed by atoms with E-state index in [2.05, 4.69) is 6.58 Å². The van der Waals surface area contributed by atoms with Gasteiger partial charge in [0.15, 0.2) is 0 Å². The van der Waals surface area contributed by atoms with Crippen molar-refractivity contribution in [1.82, 2.24) is 0 Å². The minimum absolute atomic E-state index is 0.197. The maximum absolute atomic E-state index is 10.3. The van der Waals surface area contributed by atoms with Crippen LogP contribution in [-0.4, -0.2) is 16.6 Å². The minimum Gasteiger partial charge on any atom is -0.380 e. The molecule has 3 nitrogen and oxygen atoms in total. The average Bonchev–Trinajstić information content (AvgIpc) is 1.65. The summed E-state index contributed by atoms with van der Waals surface area (Å²) in [4.78, 5) is 10.3. The fraction of sp³-hybridized carbons (Fsp3) is 0.500. The van der Waals surface area contributed by atoms with Crippen molar-refractivity contribution in [2.45, 2.75) is 18.9 Å². The third kappa shape index (κ3) is 2.28. The molecule has 0 aliphatic carbocycles. The van der Waals surface area contributed by atoms with Crippen molar-refractivity contribution in [3.63, 3.8) is 0 Å². The molecule has 1 amide bonds. The molecule has 0 radical (unpaired) electrons. The van der Waals surface area contributed by atoms with Crippen LogP contribution in [0.3, 0.4) is 0 Å². The number of hydrogen-bond donors (Lipinski definition) is 2. The van der Waals surface area contributed by atoms with Crippen LogP contribution in [0, 0.1) is 0 Å². The minimum atomic E-state index is -1.43. The highest BCUT2D eigenvalue weighted by Crippen LogP contribution is 2.07. The van der Waals surface area contributed by atoms with Crippen molar-refractivity contribution in [3.8, 4) is 0 Å². The van der Waals surface area contributed by atoms with Crippen LogP contribution in [0.15, 0.2) is 12.7 Å². The lowest BCUT2D eigenvalue weighted by atomic mass is 10.0. The molecule has 3 heteroatoms. The summed E-state index contributed by atoms with van der Waals surface area (Å²) >= 11 is 0. The molecule has 0 aromatic carbocycles. The number of primary amides is 1. The van der Waals surface area contributed by atoms with Crippen LogP contribution in [0.25, 0.3) is 0 Å². The van der Waals surface area contributed by atoms with Gasteiger partial charge in [0, 0.05) is 6.42 Å². The largest absolute Gasteiger partial charge is 0.380 e. The summed E-state index contributed by atoms with van der Waals surface area (Å²) in [7, 11) is 0. The Morgan fingerprint density at radius 1 is 2.00 bits per heavy atom. The molecule has 0 aliphatic heterocycles. The summed E-state index contributed by atoms with van der Waals surface area (Å²) in [5.74, 6) is -0.720. The van der Waals surface area contributed by atoms with Crippen molar-refractivity contribution in [2.75, 3.05) is 0 Å². The number of nitrogens with two attached hydrogens (primary N) is 1. The Kier molecular flexibility index (Phi) is 2.40. The molecule has 9 heavy (non-hydrogen) atoms. The molecule has 0 aromatic heterocycles. The van der Waals surface area contributed by atoms with E-state index in [9.17, 15) is 4.79 Å². The summed E-state index contributed by atoms with van der Waals surface area (Å²) in [5.41, 5.74) is 3.39. The summed E-state index contributed by atoms with van der Waals surface area (Å²) in [5, 5.41) is 9.05. The van der Waals surface area contributed by atoms with E-state index in [1.54, 1.807) is 0 Å². The molecular weight excluding hydrogens is 118 g/mol. The molecule has 52 valence electrons. The van der Waals surface area contributed by atoms with Crippen molar-refractivity contribution in [3.05, 3.63) is 12.7 Å². The van der Waals surface area contributed by atoms with Gasteiger partial charge in [-0.05, 0) is 6.92 Å². The van der Waals surface area contributed by atoms with E-state index in [0.29, 0.717) is 0 Å². The highest BCUT2D eigenvalue weighted by Gasteiger charge is 2.24. The predicted octanol–water partition coefficient (Wildman–Crippen LogP) is -0.201. The molecule has 0 aliphatic rings. The van der Waals surface area contributed by atoms with Gasteiger partial charge in [0.1, 0.15) is 5.60 Å². The van der Waals surface area contributed by atoms with Crippen molar-refractivity contribution < 1.29 is 9.90 Å². The maximum Gasteiger partial charge on any atom is 0.249 e. The smallest absolute Gasteiger partial charge is 0.249 e. The van der Waals surface area contributed by atoms with Gasteiger partial charge < -0.3 is 10.8 Å². The van der Waals surface area contributed by atoms with Crippen LogP contribution < -0.4 is 5.73 Å². The normalized spacial score (nSPS) is 16.2. The molecule has 1 unspecified atom stereocenters. The van der Waals surface area contributed by atoms with Gasteiger partial charge in [-0.15, -0.1) is 6.58 Å². The number of aliphatic hydroxyl groups is 1. The van der Waals surface area contributed by atoms with Crippen molar-refractivity contribution in [2.24, 2.45) is 5.73 Å². The van der Waals surface area contributed by atoms with Crippen molar-refractivity contribution >= 4 is 5.91 Å². The van der Waals surface area contributed by atoms with E-state index in [0.717, 1.165) is 0 Å². The summed E-state index contributed by atoms with van der Waals surface area (Å²) in [6, 6.07) is 0. The van der Waals surface area contributed by atoms with Gasteiger partial charge in [-0.1, -0.05) is 6.08 Å². The lowest BCUT2D eigenvalue weighted by Crippen LogP contribution is -2.40. The van der Waals surface area contributed by atoms with Gasteiger partial charge in [-0.25, -0.2) is 0 Å². The lowest BCUT2D eigenvalue weighted by molar-refractivity contribution is -0.134. The Labute approximate surface area is 54.2 Å². The quantitative estimate of drug-likeness (QED) is 0.518. The Hall–Kier alpha value is -0.830. The van der Waals surface area contributed by atoms with Gasteiger partial charge in [0.2, 0.25) is 5.91 Å². The highest BCUT2D eigenvalue weighted by molar-refractivity contribution is 5.82. The molecule has 0 fully saturated rings. The molecule has 0 saturated carbocycles. The zero-order valence-electron chi connectivity index (χ0n) is 5.42. The third-order valence-electron chi connectivity index (χ3n) is 1.07. The number of carbonyl (C=O) groups excluding carboxylic acids is 1.